The topological polar surface area (TPSA) is 101 Å². The number of amides is 3. The van der Waals surface area contributed by atoms with Gasteiger partial charge >= 0.3 is 0 Å². The molecule has 9 nitrogen and oxygen atoms in total. The largest absolute Gasteiger partial charge is 0.383 e. The first-order chi connectivity index (χ1) is 16.2. The first-order valence-corrected chi connectivity index (χ1v) is 12.2. The highest BCUT2D eigenvalue weighted by Crippen LogP contribution is 2.18. The van der Waals surface area contributed by atoms with Crippen molar-refractivity contribution >= 4 is 34.2 Å². The molecule has 3 rings (SSSR count). The molecule has 0 radical (unpaired) electrons. The van der Waals surface area contributed by atoms with Crippen LogP contribution in [0.15, 0.2) is 29.6 Å². The van der Waals surface area contributed by atoms with Gasteiger partial charge < -0.3 is 24.6 Å². The second-order valence-electron chi connectivity index (χ2n) is 8.51. The van der Waals surface area contributed by atoms with Crippen LogP contribution in [0.4, 0.5) is 5.13 Å². The normalized spacial score (nSPS) is 17.9. The molecule has 1 N–H and O–H groups in total. The standard InChI is InChI=1S/C24H32N4O5S/c1-16-5-7-19(8-6-16)23(31)27(9-10-32-4)14-21(29)26-24-25-20(15-34-24)11-22(30)28-12-17(2)33-18(3)13-28/h5-8,15,17-18H,9-14H2,1-4H3,(H,25,26,29). The first-order valence-electron chi connectivity index (χ1n) is 11.3. The van der Waals surface area contributed by atoms with Crippen molar-refractivity contribution < 1.29 is 23.9 Å². The van der Waals surface area contributed by atoms with Crippen molar-refractivity contribution in [3.05, 3.63) is 46.5 Å². The van der Waals surface area contributed by atoms with Crippen LogP contribution < -0.4 is 5.32 Å². The quantitative estimate of drug-likeness (QED) is 0.582. The van der Waals surface area contributed by atoms with Crippen molar-refractivity contribution in [2.75, 3.05) is 45.2 Å². The third kappa shape index (κ3) is 7.34. The molecule has 2 atom stereocenters. The van der Waals surface area contributed by atoms with Crippen LogP contribution in [0.3, 0.4) is 0 Å². The average Bonchev–Trinajstić information content (AvgIpc) is 3.22. The predicted molar refractivity (Wildman–Crippen MR) is 130 cm³/mol. The number of morpholine rings is 1. The van der Waals surface area contributed by atoms with Crippen LogP contribution in [-0.4, -0.2) is 84.6 Å². The molecule has 0 saturated carbocycles. The van der Waals surface area contributed by atoms with Gasteiger partial charge in [-0.2, -0.15) is 0 Å². The Bertz CT molecular complexity index is 984. The summed E-state index contributed by atoms with van der Waals surface area (Å²) in [6, 6.07) is 7.21. The molecule has 1 aromatic carbocycles. The van der Waals surface area contributed by atoms with E-state index < -0.39 is 0 Å². The van der Waals surface area contributed by atoms with Gasteiger partial charge in [0.05, 0.1) is 30.9 Å². The van der Waals surface area contributed by atoms with E-state index in [2.05, 4.69) is 10.3 Å². The van der Waals surface area contributed by atoms with Crippen LogP contribution in [0.2, 0.25) is 0 Å². The highest BCUT2D eigenvalue weighted by atomic mass is 32.1. The molecule has 34 heavy (non-hydrogen) atoms. The Hall–Kier alpha value is -2.82. The number of nitrogens with zero attached hydrogens (tertiary/aromatic N) is 3. The number of carbonyl (C=O) groups is 3. The van der Waals surface area contributed by atoms with E-state index in [0.717, 1.165) is 5.56 Å². The summed E-state index contributed by atoms with van der Waals surface area (Å²) in [5.74, 6) is -0.620. The van der Waals surface area contributed by atoms with Gasteiger partial charge in [-0.05, 0) is 32.9 Å². The average molecular weight is 489 g/mol. The summed E-state index contributed by atoms with van der Waals surface area (Å²) in [5, 5.41) is 4.90. The van der Waals surface area contributed by atoms with E-state index in [0.29, 0.717) is 36.1 Å². The fourth-order valence-corrected chi connectivity index (χ4v) is 4.49. The monoisotopic (exact) mass is 488 g/mol. The molecule has 1 aromatic heterocycles. The summed E-state index contributed by atoms with van der Waals surface area (Å²) in [5.41, 5.74) is 2.16. The summed E-state index contributed by atoms with van der Waals surface area (Å²) in [6.45, 7) is 7.43. The fourth-order valence-electron chi connectivity index (χ4n) is 3.76. The molecule has 1 aliphatic heterocycles. The lowest BCUT2D eigenvalue weighted by Crippen LogP contribution is -2.48. The summed E-state index contributed by atoms with van der Waals surface area (Å²) in [6.07, 6.45) is 0.167. The van der Waals surface area contributed by atoms with Gasteiger partial charge in [0.1, 0.15) is 6.54 Å². The number of methoxy groups -OCH3 is 1. The van der Waals surface area contributed by atoms with Gasteiger partial charge in [-0.3, -0.25) is 14.4 Å². The Morgan fingerprint density at radius 1 is 1.21 bits per heavy atom. The summed E-state index contributed by atoms with van der Waals surface area (Å²) >= 11 is 1.25. The van der Waals surface area contributed by atoms with E-state index in [1.165, 1.54) is 16.2 Å². The molecular formula is C24H32N4O5S. The smallest absolute Gasteiger partial charge is 0.254 e. The zero-order valence-corrected chi connectivity index (χ0v) is 20.9. The van der Waals surface area contributed by atoms with Crippen molar-refractivity contribution in [2.45, 2.75) is 39.4 Å². The molecule has 2 unspecified atom stereocenters. The van der Waals surface area contributed by atoms with Gasteiger partial charge in [0.2, 0.25) is 11.8 Å². The molecule has 2 heterocycles. The fraction of sp³-hybridized carbons (Fsp3) is 0.500. The highest BCUT2D eigenvalue weighted by Gasteiger charge is 2.26. The van der Waals surface area contributed by atoms with Crippen molar-refractivity contribution in [1.29, 1.82) is 0 Å². The molecule has 184 valence electrons. The number of rotatable bonds is 9. The third-order valence-corrected chi connectivity index (χ3v) is 6.19. The lowest BCUT2D eigenvalue weighted by molar-refractivity contribution is -0.142. The Kier molecular flexibility index (Phi) is 9.14. The van der Waals surface area contributed by atoms with Gasteiger partial charge in [-0.15, -0.1) is 11.3 Å². The minimum atomic E-state index is -0.361. The molecule has 1 aliphatic rings. The Balaban J connectivity index is 1.57. The van der Waals surface area contributed by atoms with Crippen LogP contribution in [0, 0.1) is 6.92 Å². The maximum atomic E-state index is 12.9. The molecule has 1 fully saturated rings. The zero-order valence-electron chi connectivity index (χ0n) is 20.1. The molecular weight excluding hydrogens is 456 g/mol. The first kappa shape index (κ1) is 25.8. The van der Waals surface area contributed by atoms with E-state index in [-0.39, 0.29) is 49.4 Å². The second kappa shape index (κ2) is 12.0. The van der Waals surface area contributed by atoms with Crippen molar-refractivity contribution in [1.82, 2.24) is 14.8 Å². The number of hydrogen-bond donors (Lipinski definition) is 1. The number of carbonyl (C=O) groups excluding carboxylic acids is 3. The van der Waals surface area contributed by atoms with E-state index in [1.807, 2.05) is 32.9 Å². The van der Waals surface area contributed by atoms with Crippen molar-refractivity contribution in [3.8, 4) is 0 Å². The number of hydrogen-bond acceptors (Lipinski definition) is 7. The molecule has 1 saturated heterocycles. The summed E-state index contributed by atoms with van der Waals surface area (Å²) < 4.78 is 10.8. The molecule has 0 bridgehead atoms. The number of aryl methyl sites for hydroxylation is 1. The van der Waals surface area contributed by atoms with Gasteiger partial charge in [0.25, 0.3) is 5.91 Å². The van der Waals surface area contributed by atoms with Crippen LogP contribution in [-0.2, 0) is 25.5 Å². The molecule has 0 spiro atoms. The SMILES string of the molecule is COCCN(CC(=O)Nc1nc(CC(=O)N2CC(C)OC(C)C2)cs1)C(=O)c1ccc(C)cc1. The van der Waals surface area contributed by atoms with Crippen molar-refractivity contribution in [2.24, 2.45) is 0 Å². The maximum Gasteiger partial charge on any atom is 0.254 e. The van der Waals surface area contributed by atoms with Crippen molar-refractivity contribution in [3.63, 3.8) is 0 Å². The molecule has 10 heteroatoms. The predicted octanol–water partition coefficient (Wildman–Crippen LogP) is 2.36. The number of thiazole rings is 1. The second-order valence-corrected chi connectivity index (χ2v) is 9.37. The van der Waals surface area contributed by atoms with Gasteiger partial charge in [-0.1, -0.05) is 17.7 Å². The highest BCUT2D eigenvalue weighted by molar-refractivity contribution is 7.13. The summed E-state index contributed by atoms with van der Waals surface area (Å²) in [7, 11) is 1.55. The van der Waals surface area contributed by atoms with Gasteiger partial charge in [0, 0.05) is 37.7 Å². The van der Waals surface area contributed by atoms with E-state index >= 15 is 0 Å². The number of anilines is 1. The lowest BCUT2D eigenvalue weighted by Gasteiger charge is -2.35. The maximum absolute atomic E-state index is 12.9. The summed E-state index contributed by atoms with van der Waals surface area (Å²) in [4.78, 5) is 45.8. The number of ether oxygens (including phenoxy) is 2. The zero-order chi connectivity index (χ0) is 24.7. The number of aromatic nitrogens is 1. The molecule has 0 aliphatic carbocycles. The van der Waals surface area contributed by atoms with Crippen LogP contribution in [0.5, 0.6) is 0 Å². The van der Waals surface area contributed by atoms with E-state index in [9.17, 15) is 14.4 Å². The van der Waals surface area contributed by atoms with E-state index in [4.69, 9.17) is 9.47 Å². The minimum Gasteiger partial charge on any atom is -0.383 e. The Labute approximate surface area is 204 Å². The number of nitrogens with one attached hydrogen (secondary N) is 1. The van der Waals surface area contributed by atoms with Gasteiger partial charge in [-0.25, -0.2) is 4.98 Å². The van der Waals surface area contributed by atoms with Crippen LogP contribution >= 0.6 is 11.3 Å². The Morgan fingerprint density at radius 3 is 2.53 bits per heavy atom. The van der Waals surface area contributed by atoms with Crippen LogP contribution in [0.25, 0.3) is 0 Å². The molecule has 2 aromatic rings. The number of benzene rings is 1. The third-order valence-electron chi connectivity index (χ3n) is 5.39. The van der Waals surface area contributed by atoms with E-state index in [1.54, 1.807) is 29.5 Å². The van der Waals surface area contributed by atoms with Gasteiger partial charge in [0.15, 0.2) is 5.13 Å². The molecule has 3 amide bonds. The Morgan fingerprint density at radius 2 is 1.88 bits per heavy atom. The minimum absolute atomic E-state index is 0.00153. The lowest BCUT2D eigenvalue weighted by atomic mass is 10.1. The van der Waals surface area contributed by atoms with Crippen LogP contribution in [0.1, 0.15) is 35.5 Å².